The standard InChI is InChI=1S/C21H28ClNO5/c1-13(2)27-20-17(22)11-15(12-18(20)26-4)9-10-19(24)28-14(3)21(25)23-16-7-5-6-8-16/h9-14,16H,5-8H2,1-4H3,(H,23,25)/b10-9+/t14-/m0/s1. The average molecular weight is 410 g/mol. The lowest BCUT2D eigenvalue weighted by atomic mass is 10.2. The molecule has 154 valence electrons. The molecule has 0 heterocycles. The monoisotopic (exact) mass is 409 g/mol. The van der Waals surface area contributed by atoms with Crippen molar-refractivity contribution in [3.63, 3.8) is 0 Å². The van der Waals surface area contributed by atoms with Crippen LogP contribution in [-0.2, 0) is 14.3 Å². The molecule has 0 bridgehead atoms. The fraction of sp³-hybridized carbons (Fsp3) is 0.524. The molecule has 7 heteroatoms. The molecule has 1 aliphatic rings. The summed E-state index contributed by atoms with van der Waals surface area (Å²) in [7, 11) is 1.52. The SMILES string of the molecule is COc1cc(/C=C/C(=O)O[C@@H](C)C(=O)NC2CCCC2)cc(Cl)c1OC(C)C. The fourth-order valence-corrected chi connectivity index (χ4v) is 3.27. The molecule has 1 saturated carbocycles. The van der Waals surface area contributed by atoms with E-state index in [1.54, 1.807) is 25.1 Å². The van der Waals surface area contributed by atoms with Gasteiger partial charge in [-0.25, -0.2) is 4.79 Å². The molecule has 6 nitrogen and oxygen atoms in total. The molecule has 28 heavy (non-hydrogen) atoms. The Bertz CT molecular complexity index is 726. The molecule has 0 spiro atoms. The number of carbonyl (C=O) groups is 2. The summed E-state index contributed by atoms with van der Waals surface area (Å²) in [6, 6.07) is 3.57. The van der Waals surface area contributed by atoms with Crippen LogP contribution in [0.15, 0.2) is 18.2 Å². The molecule has 1 atom stereocenters. The van der Waals surface area contributed by atoms with Gasteiger partial charge in [0.25, 0.3) is 5.91 Å². The molecule has 1 amide bonds. The molecule has 1 aromatic rings. The summed E-state index contributed by atoms with van der Waals surface area (Å²) in [6.07, 6.45) is 6.10. The van der Waals surface area contributed by atoms with Gasteiger partial charge in [0.05, 0.1) is 18.2 Å². The summed E-state index contributed by atoms with van der Waals surface area (Å²) in [5.41, 5.74) is 0.651. The van der Waals surface area contributed by atoms with Crippen molar-refractivity contribution in [3.8, 4) is 11.5 Å². The highest BCUT2D eigenvalue weighted by Gasteiger charge is 2.22. The topological polar surface area (TPSA) is 73.9 Å². The van der Waals surface area contributed by atoms with Gasteiger partial charge in [0, 0.05) is 12.1 Å². The molecular formula is C21H28ClNO5. The molecule has 1 fully saturated rings. The van der Waals surface area contributed by atoms with Crippen LogP contribution in [0.25, 0.3) is 6.08 Å². The van der Waals surface area contributed by atoms with Gasteiger partial charge < -0.3 is 19.5 Å². The summed E-state index contributed by atoms with van der Waals surface area (Å²) in [6.45, 7) is 5.35. The molecule has 1 aromatic carbocycles. The van der Waals surface area contributed by atoms with E-state index in [0.717, 1.165) is 25.7 Å². The molecule has 1 N–H and O–H groups in total. The van der Waals surface area contributed by atoms with Crippen molar-refractivity contribution in [2.24, 2.45) is 0 Å². The Morgan fingerprint density at radius 1 is 1.21 bits per heavy atom. The summed E-state index contributed by atoms with van der Waals surface area (Å²) in [5.74, 6) is 0.0508. The Balaban J connectivity index is 1.97. The number of ether oxygens (including phenoxy) is 3. The van der Waals surface area contributed by atoms with Gasteiger partial charge in [0.15, 0.2) is 17.6 Å². The molecular weight excluding hydrogens is 382 g/mol. The molecule has 0 unspecified atom stereocenters. The summed E-state index contributed by atoms with van der Waals surface area (Å²) >= 11 is 6.27. The van der Waals surface area contributed by atoms with Crippen molar-refractivity contribution >= 4 is 29.6 Å². The first kappa shape index (κ1) is 22.1. The maximum absolute atomic E-state index is 12.1. The second-order valence-electron chi connectivity index (χ2n) is 7.10. The lowest BCUT2D eigenvalue weighted by Crippen LogP contribution is -2.40. The van der Waals surface area contributed by atoms with Gasteiger partial charge in [-0.3, -0.25) is 4.79 Å². The van der Waals surface area contributed by atoms with Crippen molar-refractivity contribution in [1.29, 1.82) is 0 Å². The number of nitrogens with one attached hydrogen (secondary N) is 1. The number of hydrogen-bond acceptors (Lipinski definition) is 5. The van der Waals surface area contributed by atoms with E-state index in [-0.39, 0.29) is 18.1 Å². The zero-order valence-corrected chi connectivity index (χ0v) is 17.5. The van der Waals surface area contributed by atoms with Gasteiger partial charge in [0.2, 0.25) is 0 Å². The number of halogens is 1. The van der Waals surface area contributed by atoms with E-state index in [2.05, 4.69) is 5.32 Å². The summed E-state index contributed by atoms with van der Waals surface area (Å²) in [5, 5.41) is 3.29. The number of hydrogen-bond donors (Lipinski definition) is 1. The van der Waals surface area contributed by atoms with Crippen molar-refractivity contribution in [1.82, 2.24) is 5.32 Å². The third kappa shape index (κ3) is 6.44. The lowest BCUT2D eigenvalue weighted by molar-refractivity contribution is -0.150. The lowest BCUT2D eigenvalue weighted by Gasteiger charge is -2.16. The Labute approximate surface area is 171 Å². The fourth-order valence-electron chi connectivity index (χ4n) is 3.01. The van der Waals surface area contributed by atoms with Crippen molar-refractivity contribution in [2.75, 3.05) is 7.11 Å². The van der Waals surface area contributed by atoms with Crippen LogP contribution < -0.4 is 14.8 Å². The quantitative estimate of drug-likeness (QED) is 0.516. The van der Waals surface area contributed by atoms with E-state index in [9.17, 15) is 9.59 Å². The summed E-state index contributed by atoms with van der Waals surface area (Å²) in [4.78, 5) is 24.1. The minimum Gasteiger partial charge on any atom is -0.493 e. The minimum atomic E-state index is -0.849. The molecule has 0 radical (unpaired) electrons. The Morgan fingerprint density at radius 3 is 2.50 bits per heavy atom. The Kier molecular flexibility index (Phi) is 8.18. The van der Waals surface area contributed by atoms with Gasteiger partial charge in [-0.15, -0.1) is 0 Å². The van der Waals surface area contributed by atoms with Crippen molar-refractivity contribution in [2.45, 2.75) is 64.7 Å². The van der Waals surface area contributed by atoms with Crippen LogP contribution in [0.2, 0.25) is 5.02 Å². The van der Waals surface area contributed by atoms with E-state index in [1.165, 1.54) is 13.2 Å². The Hall–Kier alpha value is -2.21. The average Bonchev–Trinajstić information content (AvgIpc) is 3.14. The highest BCUT2D eigenvalue weighted by molar-refractivity contribution is 6.32. The van der Waals surface area contributed by atoms with E-state index < -0.39 is 12.1 Å². The molecule has 0 aromatic heterocycles. The van der Waals surface area contributed by atoms with Crippen LogP contribution >= 0.6 is 11.6 Å². The van der Waals surface area contributed by atoms with Crippen LogP contribution in [0.1, 0.15) is 52.0 Å². The maximum atomic E-state index is 12.1. The Morgan fingerprint density at radius 2 is 1.89 bits per heavy atom. The molecule has 0 aliphatic heterocycles. The largest absolute Gasteiger partial charge is 0.493 e. The maximum Gasteiger partial charge on any atom is 0.331 e. The van der Waals surface area contributed by atoms with Crippen molar-refractivity contribution < 1.29 is 23.8 Å². The third-order valence-electron chi connectivity index (χ3n) is 4.38. The normalized spacial score (nSPS) is 15.6. The smallest absolute Gasteiger partial charge is 0.331 e. The second kappa shape index (κ2) is 10.4. The van der Waals surface area contributed by atoms with Gasteiger partial charge in [0.1, 0.15) is 0 Å². The van der Waals surface area contributed by atoms with E-state index >= 15 is 0 Å². The van der Waals surface area contributed by atoms with Crippen LogP contribution in [0, 0.1) is 0 Å². The predicted molar refractivity (Wildman–Crippen MR) is 109 cm³/mol. The van der Waals surface area contributed by atoms with Crippen LogP contribution in [0.5, 0.6) is 11.5 Å². The number of esters is 1. The van der Waals surface area contributed by atoms with Crippen LogP contribution in [0.4, 0.5) is 0 Å². The molecule has 1 aliphatic carbocycles. The first-order valence-electron chi connectivity index (χ1n) is 9.53. The van der Waals surface area contributed by atoms with Gasteiger partial charge >= 0.3 is 5.97 Å². The third-order valence-corrected chi connectivity index (χ3v) is 4.66. The first-order valence-corrected chi connectivity index (χ1v) is 9.91. The highest BCUT2D eigenvalue weighted by atomic mass is 35.5. The number of carbonyl (C=O) groups excluding carboxylic acids is 2. The van der Waals surface area contributed by atoms with Crippen LogP contribution in [0.3, 0.4) is 0 Å². The van der Waals surface area contributed by atoms with Crippen LogP contribution in [-0.4, -0.2) is 37.2 Å². The highest BCUT2D eigenvalue weighted by Crippen LogP contribution is 2.37. The summed E-state index contributed by atoms with van der Waals surface area (Å²) < 4.78 is 16.2. The van der Waals surface area contributed by atoms with E-state index in [0.29, 0.717) is 22.1 Å². The van der Waals surface area contributed by atoms with Gasteiger partial charge in [-0.1, -0.05) is 24.4 Å². The zero-order valence-electron chi connectivity index (χ0n) is 16.8. The van der Waals surface area contributed by atoms with E-state index in [1.807, 2.05) is 13.8 Å². The minimum absolute atomic E-state index is 0.0559. The predicted octanol–water partition coefficient (Wildman–Crippen LogP) is 4.14. The second-order valence-corrected chi connectivity index (χ2v) is 7.51. The first-order chi connectivity index (χ1) is 13.3. The number of benzene rings is 1. The van der Waals surface area contributed by atoms with Gasteiger partial charge in [-0.2, -0.15) is 0 Å². The zero-order chi connectivity index (χ0) is 20.7. The molecule has 0 saturated heterocycles. The number of methoxy groups -OCH3 is 1. The number of amides is 1. The van der Waals surface area contributed by atoms with Crippen molar-refractivity contribution in [3.05, 3.63) is 28.8 Å². The van der Waals surface area contributed by atoms with E-state index in [4.69, 9.17) is 25.8 Å². The van der Waals surface area contributed by atoms with Gasteiger partial charge in [-0.05, 0) is 57.4 Å². The number of rotatable bonds is 8. The molecule has 2 rings (SSSR count).